The molecule has 1 aromatic carbocycles. The number of hydrogen-bond donors (Lipinski definition) is 2. The van der Waals surface area contributed by atoms with E-state index in [1.54, 1.807) is 0 Å². The highest BCUT2D eigenvalue weighted by Crippen LogP contribution is 2.12. The number of unbranched alkanes of at least 4 members (excludes halogenated alkanes) is 1. The van der Waals surface area contributed by atoms with Crippen LogP contribution in [0.4, 0.5) is 0 Å². The predicted octanol–water partition coefficient (Wildman–Crippen LogP) is 2.73. The number of rotatable bonds is 10. The van der Waals surface area contributed by atoms with Crippen LogP contribution in [0.15, 0.2) is 24.3 Å². The molecule has 0 spiro atoms. The summed E-state index contributed by atoms with van der Waals surface area (Å²) in [6.07, 6.45) is 2.22. The van der Waals surface area contributed by atoms with E-state index in [9.17, 15) is 4.79 Å². The van der Waals surface area contributed by atoms with Crippen LogP contribution in [0.2, 0.25) is 0 Å². The highest BCUT2D eigenvalue weighted by atomic mass is 16.5. The van der Waals surface area contributed by atoms with Crippen molar-refractivity contribution in [2.24, 2.45) is 5.92 Å². The van der Waals surface area contributed by atoms with E-state index < -0.39 is 0 Å². The Kier molecular flexibility index (Phi) is 8.51. The largest absolute Gasteiger partial charge is 0.494 e. The smallest absolute Gasteiger partial charge is 0.233 e. The molecule has 0 saturated carbocycles. The van der Waals surface area contributed by atoms with Crippen molar-refractivity contribution in [2.75, 3.05) is 19.7 Å². The summed E-state index contributed by atoms with van der Waals surface area (Å²) in [6, 6.07) is 8.01. The molecule has 0 fully saturated rings. The number of carbonyl (C=O) groups excluding carboxylic acids is 1. The zero-order valence-corrected chi connectivity index (χ0v) is 13.4. The molecular formula is C17H28N2O2. The average molecular weight is 292 g/mol. The lowest BCUT2D eigenvalue weighted by atomic mass is 10.2. The van der Waals surface area contributed by atoms with E-state index >= 15 is 0 Å². The van der Waals surface area contributed by atoms with Gasteiger partial charge in [-0.25, -0.2) is 0 Å². The fraction of sp³-hybridized carbons (Fsp3) is 0.588. The molecule has 0 atom stereocenters. The zero-order valence-electron chi connectivity index (χ0n) is 13.4. The molecule has 0 unspecified atom stereocenters. The third kappa shape index (κ3) is 8.35. The van der Waals surface area contributed by atoms with Crippen LogP contribution in [0.3, 0.4) is 0 Å². The van der Waals surface area contributed by atoms with Gasteiger partial charge in [-0.3, -0.25) is 4.79 Å². The van der Waals surface area contributed by atoms with Crippen LogP contribution < -0.4 is 15.4 Å². The molecule has 118 valence electrons. The van der Waals surface area contributed by atoms with Crippen molar-refractivity contribution in [2.45, 2.75) is 40.2 Å². The second kappa shape index (κ2) is 10.2. The summed E-state index contributed by atoms with van der Waals surface area (Å²) in [5, 5.41) is 6.03. The molecule has 21 heavy (non-hydrogen) atoms. The van der Waals surface area contributed by atoms with Crippen LogP contribution in [-0.4, -0.2) is 25.6 Å². The molecule has 0 aromatic heterocycles. The third-order valence-corrected chi connectivity index (χ3v) is 3.01. The lowest BCUT2D eigenvalue weighted by Crippen LogP contribution is -2.35. The fourth-order valence-corrected chi connectivity index (χ4v) is 1.74. The first-order valence-corrected chi connectivity index (χ1v) is 7.81. The number of nitrogens with one attached hydrogen (secondary N) is 2. The maximum absolute atomic E-state index is 11.5. The van der Waals surface area contributed by atoms with Crippen molar-refractivity contribution < 1.29 is 9.53 Å². The predicted molar refractivity (Wildman–Crippen MR) is 86.4 cm³/mol. The van der Waals surface area contributed by atoms with Gasteiger partial charge in [0, 0.05) is 13.1 Å². The van der Waals surface area contributed by atoms with Gasteiger partial charge in [-0.05, 0) is 30.0 Å². The van der Waals surface area contributed by atoms with Gasteiger partial charge in [-0.15, -0.1) is 0 Å². The Bertz CT molecular complexity index is 402. The number of hydrogen-bond acceptors (Lipinski definition) is 3. The minimum absolute atomic E-state index is 0.0446. The van der Waals surface area contributed by atoms with E-state index in [0.717, 1.165) is 37.3 Å². The molecule has 1 amide bonds. The molecule has 0 bridgehead atoms. The van der Waals surface area contributed by atoms with Gasteiger partial charge in [0.25, 0.3) is 0 Å². The Morgan fingerprint density at radius 3 is 2.57 bits per heavy atom. The Morgan fingerprint density at radius 1 is 1.24 bits per heavy atom. The topological polar surface area (TPSA) is 50.4 Å². The second-order valence-corrected chi connectivity index (χ2v) is 5.65. The third-order valence-electron chi connectivity index (χ3n) is 3.01. The highest BCUT2D eigenvalue weighted by molar-refractivity contribution is 5.77. The van der Waals surface area contributed by atoms with E-state index in [1.807, 2.05) is 24.3 Å². The summed E-state index contributed by atoms with van der Waals surface area (Å²) in [5.74, 6) is 1.43. The van der Waals surface area contributed by atoms with Gasteiger partial charge in [0.1, 0.15) is 5.75 Å². The van der Waals surface area contributed by atoms with E-state index in [2.05, 4.69) is 31.4 Å². The van der Waals surface area contributed by atoms with Gasteiger partial charge >= 0.3 is 0 Å². The quantitative estimate of drug-likeness (QED) is 0.652. The first-order chi connectivity index (χ1) is 10.1. The average Bonchev–Trinajstić information content (AvgIpc) is 2.47. The molecule has 0 saturated heterocycles. The van der Waals surface area contributed by atoms with Crippen LogP contribution in [-0.2, 0) is 11.3 Å². The molecule has 0 heterocycles. The molecule has 1 aromatic rings. The highest BCUT2D eigenvalue weighted by Gasteiger charge is 2.02. The molecule has 4 heteroatoms. The van der Waals surface area contributed by atoms with Crippen molar-refractivity contribution in [3.63, 3.8) is 0 Å². The van der Waals surface area contributed by atoms with Crippen LogP contribution in [0.1, 0.15) is 39.2 Å². The number of benzene rings is 1. The van der Waals surface area contributed by atoms with Crippen LogP contribution in [0.5, 0.6) is 5.75 Å². The van der Waals surface area contributed by atoms with Gasteiger partial charge in [0.15, 0.2) is 0 Å². The van der Waals surface area contributed by atoms with E-state index in [-0.39, 0.29) is 5.91 Å². The molecule has 2 N–H and O–H groups in total. The number of carbonyl (C=O) groups is 1. The lowest BCUT2D eigenvalue weighted by molar-refractivity contribution is -0.120. The molecule has 0 aliphatic heterocycles. The molecule has 0 aliphatic carbocycles. The summed E-state index contributed by atoms with van der Waals surface area (Å²) in [4.78, 5) is 11.5. The Balaban J connectivity index is 2.21. The fourth-order valence-electron chi connectivity index (χ4n) is 1.74. The van der Waals surface area contributed by atoms with Gasteiger partial charge in [0.05, 0.1) is 13.2 Å². The maximum Gasteiger partial charge on any atom is 0.233 e. The monoisotopic (exact) mass is 292 g/mol. The lowest BCUT2D eigenvalue weighted by Gasteiger charge is -2.09. The van der Waals surface area contributed by atoms with Crippen molar-refractivity contribution in [1.82, 2.24) is 10.6 Å². The Morgan fingerprint density at radius 2 is 1.95 bits per heavy atom. The normalized spacial score (nSPS) is 10.7. The summed E-state index contributed by atoms with van der Waals surface area (Å²) >= 11 is 0. The van der Waals surface area contributed by atoms with Gasteiger partial charge < -0.3 is 15.4 Å². The summed E-state index contributed by atoms with van der Waals surface area (Å²) < 4.78 is 5.61. The van der Waals surface area contributed by atoms with Gasteiger partial charge in [0.2, 0.25) is 5.91 Å². The molecule has 1 rings (SSSR count). The van der Waals surface area contributed by atoms with Crippen LogP contribution >= 0.6 is 0 Å². The standard InChI is InChI=1S/C17H28N2O2/c1-4-5-10-21-16-8-6-15(7-9-16)12-18-13-17(20)19-11-14(2)3/h6-9,14,18H,4-5,10-13H2,1-3H3,(H,19,20). The minimum Gasteiger partial charge on any atom is -0.494 e. The molecular weight excluding hydrogens is 264 g/mol. The molecule has 4 nitrogen and oxygen atoms in total. The first kappa shape index (κ1) is 17.5. The van der Waals surface area contributed by atoms with Crippen molar-refractivity contribution in [3.8, 4) is 5.75 Å². The molecule has 0 radical (unpaired) electrons. The second-order valence-electron chi connectivity index (χ2n) is 5.65. The van der Waals surface area contributed by atoms with E-state index in [1.165, 1.54) is 0 Å². The van der Waals surface area contributed by atoms with Gasteiger partial charge in [-0.1, -0.05) is 39.3 Å². The first-order valence-electron chi connectivity index (χ1n) is 7.81. The van der Waals surface area contributed by atoms with E-state index in [4.69, 9.17) is 4.74 Å². The minimum atomic E-state index is 0.0446. The zero-order chi connectivity index (χ0) is 15.5. The number of amides is 1. The summed E-state index contributed by atoms with van der Waals surface area (Å²) in [6.45, 7) is 8.84. The van der Waals surface area contributed by atoms with Crippen LogP contribution in [0, 0.1) is 5.92 Å². The van der Waals surface area contributed by atoms with Crippen molar-refractivity contribution >= 4 is 5.91 Å². The van der Waals surface area contributed by atoms with Gasteiger partial charge in [-0.2, -0.15) is 0 Å². The van der Waals surface area contributed by atoms with Crippen molar-refractivity contribution in [3.05, 3.63) is 29.8 Å². The Labute approximate surface area is 128 Å². The maximum atomic E-state index is 11.5. The number of ether oxygens (including phenoxy) is 1. The Hall–Kier alpha value is -1.55. The SMILES string of the molecule is CCCCOc1ccc(CNCC(=O)NCC(C)C)cc1. The van der Waals surface area contributed by atoms with Crippen molar-refractivity contribution in [1.29, 1.82) is 0 Å². The summed E-state index contributed by atoms with van der Waals surface area (Å²) in [5.41, 5.74) is 1.15. The summed E-state index contributed by atoms with van der Waals surface area (Å²) in [7, 11) is 0. The van der Waals surface area contributed by atoms with Crippen LogP contribution in [0.25, 0.3) is 0 Å². The van der Waals surface area contributed by atoms with E-state index in [0.29, 0.717) is 19.0 Å². The molecule has 0 aliphatic rings.